The Morgan fingerprint density at radius 3 is 2.32 bits per heavy atom. The summed E-state index contributed by atoms with van der Waals surface area (Å²) in [5.41, 5.74) is 5.65. The van der Waals surface area contributed by atoms with Crippen molar-refractivity contribution in [3.05, 3.63) is 0 Å². The Morgan fingerprint density at radius 2 is 1.79 bits per heavy atom. The van der Waals surface area contributed by atoms with Crippen LogP contribution in [0.3, 0.4) is 0 Å². The summed E-state index contributed by atoms with van der Waals surface area (Å²) in [6, 6.07) is -0.164. The maximum Gasteiger partial charge on any atom is 0.224 e. The van der Waals surface area contributed by atoms with E-state index in [1.165, 1.54) is 6.42 Å². The number of amides is 2. The lowest BCUT2D eigenvalue weighted by Gasteiger charge is -2.26. The molecule has 2 atom stereocenters. The third-order valence-electron chi connectivity index (χ3n) is 3.55. The van der Waals surface area contributed by atoms with Crippen molar-refractivity contribution in [2.45, 2.75) is 45.6 Å². The van der Waals surface area contributed by atoms with Gasteiger partial charge in [-0.05, 0) is 26.2 Å². The number of nitrogens with two attached hydrogens (primary N) is 1. The zero-order valence-electron chi connectivity index (χ0n) is 11.9. The van der Waals surface area contributed by atoms with E-state index in [0.717, 1.165) is 25.9 Å². The normalized spacial score (nSPS) is 18.2. The van der Waals surface area contributed by atoms with Crippen LogP contribution in [0.5, 0.6) is 0 Å². The highest BCUT2D eigenvalue weighted by Gasteiger charge is 2.18. The average molecular weight is 292 g/mol. The SMILES string of the molecule is CC(N)C(C)C(=O)NCCC(=O)N1CCCCC1.Cl. The summed E-state index contributed by atoms with van der Waals surface area (Å²) in [7, 11) is 0. The summed E-state index contributed by atoms with van der Waals surface area (Å²) in [5.74, 6) is -0.144. The Bertz CT molecular complexity index is 292. The highest BCUT2D eigenvalue weighted by molar-refractivity contribution is 5.85. The lowest BCUT2D eigenvalue weighted by Crippen LogP contribution is -2.41. The van der Waals surface area contributed by atoms with E-state index >= 15 is 0 Å². The first-order chi connectivity index (χ1) is 8.52. The standard InChI is InChI=1S/C13H25N3O2.ClH/c1-10(11(2)14)13(18)15-7-6-12(17)16-8-4-3-5-9-16;/h10-11H,3-9,14H2,1-2H3,(H,15,18);1H. The summed E-state index contributed by atoms with van der Waals surface area (Å²) >= 11 is 0. The van der Waals surface area contributed by atoms with Crippen molar-refractivity contribution in [1.29, 1.82) is 0 Å². The molecule has 0 aromatic heterocycles. The molecule has 112 valence electrons. The summed E-state index contributed by atoms with van der Waals surface area (Å²) in [4.78, 5) is 25.4. The second kappa shape index (κ2) is 9.15. The van der Waals surface area contributed by atoms with Crippen molar-refractivity contribution in [2.24, 2.45) is 11.7 Å². The molecule has 0 aromatic rings. The fraction of sp³-hybridized carbons (Fsp3) is 0.846. The van der Waals surface area contributed by atoms with Crippen LogP contribution in [0.25, 0.3) is 0 Å². The van der Waals surface area contributed by atoms with Crippen LogP contribution in [0.15, 0.2) is 0 Å². The maximum atomic E-state index is 11.8. The monoisotopic (exact) mass is 291 g/mol. The van der Waals surface area contributed by atoms with E-state index in [2.05, 4.69) is 5.32 Å². The van der Waals surface area contributed by atoms with E-state index in [0.29, 0.717) is 13.0 Å². The van der Waals surface area contributed by atoms with Crippen molar-refractivity contribution in [3.8, 4) is 0 Å². The molecule has 19 heavy (non-hydrogen) atoms. The molecule has 0 spiro atoms. The van der Waals surface area contributed by atoms with Crippen LogP contribution < -0.4 is 11.1 Å². The zero-order chi connectivity index (χ0) is 13.5. The zero-order valence-corrected chi connectivity index (χ0v) is 12.7. The van der Waals surface area contributed by atoms with E-state index in [9.17, 15) is 9.59 Å². The minimum atomic E-state index is -0.213. The second-order valence-corrected chi connectivity index (χ2v) is 5.13. The van der Waals surface area contributed by atoms with Crippen LogP contribution in [0.1, 0.15) is 39.5 Å². The molecule has 2 unspecified atom stereocenters. The molecule has 6 heteroatoms. The number of carbonyl (C=O) groups is 2. The van der Waals surface area contributed by atoms with E-state index in [1.54, 1.807) is 6.92 Å². The largest absolute Gasteiger partial charge is 0.355 e. The molecule has 5 nitrogen and oxygen atoms in total. The molecule has 2 amide bonds. The van der Waals surface area contributed by atoms with Crippen LogP contribution in [0.4, 0.5) is 0 Å². The molecular formula is C13H26ClN3O2. The topological polar surface area (TPSA) is 75.4 Å². The first-order valence-corrected chi connectivity index (χ1v) is 6.83. The molecule has 1 rings (SSSR count). The van der Waals surface area contributed by atoms with E-state index < -0.39 is 0 Å². The van der Waals surface area contributed by atoms with Crippen LogP contribution >= 0.6 is 12.4 Å². The molecule has 1 aliphatic heterocycles. The molecule has 0 bridgehead atoms. The number of nitrogens with zero attached hydrogens (tertiary/aromatic N) is 1. The fourth-order valence-electron chi connectivity index (χ4n) is 1.99. The van der Waals surface area contributed by atoms with Gasteiger partial charge in [0.2, 0.25) is 11.8 Å². The Hall–Kier alpha value is -0.810. The van der Waals surface area contributed by atoms with Gasteiger partial charge in [0.1, 0.15) is 0 Å². The van der Waals surface area contributed by atoms with Crippen molar-refractivity contribution in [3.63, 3.8) is 0 Å². The predicted octanol–water partition coefficient (Wildman–Crippen LogP) is 0.910. The fourth-order valence-corrected chi connectivity index (χ4v) is 1.99. The third kappa shape index (κ3) is 6.25. The van der Waals surface area contributed by atoms with Gasteiger partial charge >= 0.3 is 0 Å². The van der Waals surface area contributed by atoms with Gasteiger partial charge in [-0.1, -0.05) is 6.92 Å². The Labute approximate surface area is 121 Å². The summed E-state index contributed by atoms with van der Waals surface area (Å²) in [6.45, 7) is 5.74. The smallest absolute Gasteiger partial charge is 0.224 e. The molecule has 1 heterocycles. The maximum absolute atomic E-state index is 11.8. The minimum absolute atomic E-state index is 0. The van der Waals surface area contributed by atoms with Gasteiger partial charge in [-0.25, -0.2) is 0 Å². The van der Waals surface area contributed by atoms with E-state index in [1.807, 2.05) is 11.8 Å². The van der Waals surface area contributed by atoms with Crippen molar-refractivity contribution in [2.75, 3.05) is 19.6 Å². The number of halogens is 1. The number of carbonyl (C=O) groups excluding carboxylic acids is 2. The van der Waals surface area contributed by atoms with Crippen LogP contribution in [0.2, 0.25) is 0 Å². The number of piperidine rings is 1. The van der Waals surface area contributed by atoms with Gasteiger partial charge in [-0.2, -0.15) is 0 Å². The number of rotatable bonds is 5. The number of nitrogens with one attached hydrogen (secondary N) is 1. The van der Waals surface area contributed by atoms with Gasteiger partial charge < -0.3 is 16.0 Å². The summed E-state index contributed by atoms with van der Waals surface area (Å²) in [5, 5.41) is 2.77. The predicted molar refractivity (Wildman–Crippen MR) is 78.1 cm³/mol. The van der Waals surface area contributed by atoms with Crippen LogP contribution in [0, 0.1) is 5.92 Å². The molecule has 1 saturated heterocycles. The van der Waals surface area contributed by atoms with E-state index in [-0.39, 0.29) is 36.2 Å². The Morgan fingerprint density at radius 1 is 1.21 bits per heavy atom. The molecule has 1 fully saturated rings. The highest BCUT2D eigenvalue weighted by atomic mass is 35.5. The van der Waals surface area contributed by atoms with Crippen LogP contribution in [-0.4, -0.2) is 42.4 Å². The average Bonchev–Trinajstić information content (AvgIpc) is 2.38. The van der Waals surface area contributed by atoms with Gasteiger partial charge in [-0.3, -0.25) is 9.59 Å². The summed E-state index contributed by atoms with van der Waals surface area (Å²) < 4.78 is 0. The van der Waals surface area contributed by atoms with E-state index in [4.69, 9.17) is 5.73 Å². The molecule has 0 aromatic carbocycles. The molecule has 3 N–H and O–H groups in total. The lowest BCUT2D eigenvalue weighted by atomic mass is 10.0. The van der Waals surface area contributed by atoms with Gasteiger partial charge in [-0.15, -0.1) is 12.4 Å². The first-order valence-electron chi connectivity index (χ1n) is 6.83. The molecule has 0 aliphatic carbocycles. The molecule has 0 saturated carbocycles. The number of likely N-dealkylation sites (tertiary alicyclic amines) is 1. The minimum Gasteiger partial charge on any atom is -0.355 e. The van der Waals surface area contributed by atoms with Gasteiger partial charge in [0.05, 0.1) is 0 Å². The Balaban J connectivity index is 0.00000324. The van der Waals surface area contributed by atoms with Crippen LogP contribution in [-0.2, 0) is 9.59 Å². The Kier molecular flexibility index (Phi) is 8.76. The van der Waals surface area contributed by atoms with Crippen molar-refractivity contribution >= 4 is 24.2 Å². The number of hydrogen-bond donors (Lipinski definition) is 2. The summed E-state index contributed by atoms with van der Waals surface area (Å²) in [6.07, 6.45) is 3.80. The quantitative estimate of drug-likeness (QED) is 0.790. The van der Waals surface area contributed by atoms with Gasteiger partial charge in [0.25, 0.3) is 0 Å². The first kappa shape index (κ1) is 18.2. The highest BCUT2D eigenvalue weighted by Crippen LogP contribution is 2.09. The van der Waals surface area contributed by atoms with Crippen molar-refractivity contribution in [1.82, 2.24) is 10.2 Å². The molecule has 1 aliphatic rings. The second-order valence-electron chi connectivity index (χ2n) is 5.13. The van der Waals surface area contributed by atoms with Gasteiger partial charge in [0.15, 0.2) is 0 Å². The molecule has 0 radical (unpaired) electrons. The molecular weight excluding hydrogens is 266 g/mol. The number of hydrogen-bond acceptors (Lipinski definition) is 3. The third-order valence-corrected chi connectivity index (χ3v) is 3.55. The van der Waals surface area contributed by atoms with Gasteiger partial charge in [0, 0.05) is 38.0 Å². The van der Waals surface area contributed by atoms with Crippen molar-refractivity contribution < 1.29 is 9.59 Å². The lowest BCUT2D eigenvalue weighted by molar-refractivity contribution is -0.132.